The van der Waals surface area contributed by atoms with Crippen LogP contribution in [0.3, 0.4) is 0 Å². The normalized spacial score (nSPS) is 23.7. The molecule has 2 fully saturated rings. The van der Waals surface area contributed by atoms with Crippen molar-refractivity contribution >= 4 is 17.2 Å². The molecule has 1 aromatic rings. The molecule has 2 aliphatic heterocycles. The quantitative estimate of drug-likeness (QED) is 0.861. The molecule has 0 saturated carbocycles. The van der Waals surface area contributed by atoms with Crippen molar-refractivity contribution in [2.75, 3.05) is 19.8 Å². The minimum Gasteiger partial charge on any atom is -0.348 e. The molecule has 0 spiro atoms. The van der Waals surface area contributed by atoms with Gasteiger partial charge in [0.1, 0.15) is 0 Å². The third kappa shape index (κ3) is 3.00. The molecule has 21 heavy (non-hydrogen) atoms. The molecule has 0 bridgehead atoms. The molecule has 2 saturated heterocycles. The van der Waals surface area contributed by atoms with E-state index in [4.69, 9.17) is 9.47 Å². The van der Waals surface area contributed by atoms with Crippen molar-refractivity contribution in [2.45, 2.75) is 51.9 Å². The number of likely N-dealkylation sites (tertiary alicyclic amines) is 1. The van der Waals surface area contributed by atoms with Crippen LogP contribution in [-0.4, -0.2) is 42.9 Å². The van der Waals surface area contributed by atoms with Gasteiger partial charge in [0.15, 0.2) is 6.29 Å². The SMILES string of the molecule is CCc1sc(C(=O)N2CCCCC2C2OCCO2)cc1C. The molecule has 1 atom stereocenters. The Labute approximate surface area is 130 Å². The summed E-state index contributed by atoms with van der Waals surface area (Å²) in [5.74, 6) is 0.145. The van der Waals surface area contributed by atoms with Gasteiger partial charge in [0.25, 0.3) is 5.91 Å². The third-order valence-corrected chi connectivity index (χ3v) is 5.69. The number of thiophene rings is 1. The van der Waals surface area contributed by atoms with Crippen LogP contribution in [0.15, 0.2) is 6.07 Å². The largest absolute Gasteiger partial charge is 0.348 e. The number of ether oxygens (including phenoxy) is 2. The molecule has 116 valence electrons. The predicted octanol–water partition coefficient (Wildman–Crippen LogP) is 2.99. The number of nitrogens with zero attached hydrogens (tertiary/aromatic N) is 1. The second-order valence-corrected chi connectivity index (χ2v) is 6.88. The number of amides is 1. The monoisotopic (exact) mass is 309 g/mol. The standard InChI is InChI=1S/C16H23NO3S/c1-3-13-11(2)10-14(21-13)15(18)17-7-5-4-6-12(17)16-19-8-9-20-16/h10,12,16H,3-9H2,1-2H3. The van der Waals surface area contributed by atoms with Gasteiger partial charge in [-0.25, -0.2) is 0 Å². The van der Waals surface area contributed by atoms with Gasteiger partial charge in [-0.3, -0.25) is 4.79 Å². The van der Waals surface area contributed by atoms with E-state index in [1.54, 1.807) is 11.3 Å². The number of carbonyl (C=O) groups is 1. The summed E-state index contributed by atoms with van der Waals surface area (Å²) in [6.07, 6.45) is 3.94. The van der Waals surface area contributed by atoms with Crippen LogP contribution in [0, 0.1) is 6.92 Å². The molecule has 3 heterocycles. The molecule has 1 aromatic heterocycles. The van der Waals surface area contributed by atoms with Gasteiger partial charge in [-0.1, -0.05) is 6.92 Å². The summed E-state index contributed by atoms with van der Waals surface area (Å²) < 4.78 is 11.3. The van der Waals surface area contributed by atoms with Gasteiger partial charge in [-0.05, 0) is 44.2 Å². The van der Waals surface area contributed by atoms with Crippen LogP contribution in [-0.2, 0) is 15.9 Å². The Balaban J connectivity index is 1.79. The van der Waals surface area contributed by atoms with Gasteiger partial charge in [-0.2, -0.15) is 0 Å². The summed E-state index contributed by atoms with van der Waals surface area (Å²) in [6.45, 7) is 6.31. The highest BCUT2D eigenvalue weighted by molar-refractivity contribution is 7.14. The van der Waals surface area contributed by atoms with Crippen LogP contribution in [0.1, 0.15) is 46.3 Å². The number of hydrogen-bond donors (Lipinski definition) is 0. The highest BCUT2D eigenvalue weighted by Crippen LogP contribution is 2.29. The molecule has 1 amide bonds. The van der Waals surface area contributed by atoms with Crippen molar-refractivity contribution < 1.29 is 14.3 Å². The molecule has 1 unspecified atom stereocenters. The summed E-state index contributed by atoms with van der Waals surface area (Å²) in [6, 6.07) is 2.11. The summed E-state index contributed by atoms with van der Waals surface area (Å²) in [5, 5.41) is 0. The fraction of sp³-hybridized carbons (Fsp3) is 0.688. The summed E-state index contributed by atoms with van der Waals surface area (Å²) in [5.41, 5.74) is 1.23. The second-order valence-electron chi connectivity index (χ2n) is 5.74. The Morgan fingerprint density at radius 2 is 2.14 bits per heavy atom. The molecule has 0 aromatic carbocycles. The first-order valence-electron chi connectivity index (χ1n) is 7.84. The first kappa shape index (κ1) is 15.0. The summed E-state index contributed by atoms with van der Waals surface area (Å²) >= 11 is 1.63. The van der Waals surface area contributed by atoms with Crippen molar-refractivity contribution in [1.29, 1.82) is 0 Å². The maximum atomic E-state index is 12.9. The van der Waals surface area contributed by atoms with Gasteiger partial charge in [0, 0.05) is 11.4 Å². The molecule has 0 N–H and O–H groups in total. The van der Waals surface area contributed by atoms with Crippen molar-refractivity contribution in [3.8, 4) is 0 Å². The number of carbonyl (C=O) groups excluding carboxylic acids is 1. The molecular formula is C16H23NO3S. The van der Waals surface area contributed by atoms with Crippen LogP contribution in [0.4, 0.5) is 0 Å². The van der Waals surface area contributed by atoms with Gasteiger partial charge in [0.05, 0.1) is 24.1 Å². The van der Waals surface area contributed by atoms with E-state index in [0.717, 1.165) is 37.1 Å². The number of rotatable bonds is 3. The van der Waals surface area contributed by atoms with E-state index in [2.05, 4.69) is 13.8 Å². The predicted molar refractivity (Wildman–Crippen MR) is 82.8 cm³/mol. The van der Waals surface area contributed by atoms with Gasteiger partial charge >= 0.3 is 0 Å². The number of piperidine rings is 1. The Hall–Kier alpha value is -0.910. The molecule has 4 nitrogen and oxygen atoms in total. The van der Waals surface area contributed by atoms with E-state index in [0.29, 0.717) is 13.2 Å². The molecule has 2 aliphatic rings. The summed E-state index contributed by atoms with van der Waals surface area (Å²) in [7, 11) is 0. The average Bonchev–Trinajstić information content (AvgIpc) is 3.15. The van der Waals surface area contributed by atoms with Gasteiger partial charge in [-0.15, -0.1) is 11.3 Å². The van der Waals surface area contributed by atoms with Crippen LogP contribution < -0.4 is 0 Å². The van der Waals surface area contributed by atoms with E-state index in [1.807, 2.05) is 11.0 Å². The maximum Gasteiger partial charge on any atom is 0.264 e. The Morgan fingerprint density at radius 3 is 2.81 bits per heavy atom. The minimum atomic E-state index is -0.235. The van der Waals surface area contributed by atoms with Crippen molar-refractivity contribution in [2.24, 2.45) is 0 Å². The summed E-state index contributed by atoms with van der Waals surface area (Å²) in [4.78, 5) is 17.0. The minimum absolute atomic E-state index is 0.0706. The van der Waals surface area contributed by atoms with Crippen LogP contribution in [0.5, 0.6) is 0 Å². The molecule has 3 rings (SSSR count). The lowest BCUT2D eigenvalue weighted by molar-refractivity contribution is -0.100. The first-order valence-corrected chi connectivity index (χ1v) is 8.66. The van der Waals surface area contributed by atoms with Gasteiger partial charge in [0.2, 0.25) is 0 Å². The highest BCUT2D eigenvalue weighted by atomic mass is 32.1. The lowest BCUT2D eigenvalue weighted by Gasteiger charge is -2.37. The van der Waals surface area contributed by atoms with E-state index in [9.17, 15) is 4.79 Å². The van der Waals surface area contributed by atoms with Crippen molar-refractivity contribution in [3.63, 3.8) is 0 Å². The van der Waals surface area contributed by atoms with Crippen LogP contribution in [0.2, 0.25) is 0 Å². The Morgan fingerprint density at radius 1 is 1.38 bits per heavy atom. The maximum absolute atomic E-state index is 12.9. The highest BCUT2D eigenvalue weighted by Gasteiger charge is 2.37. The molecule has 0 aliphatic carbocycles. The average molecular weight is 309 g/mol. The zero-order valence-corrected chi connectivity index (χ0v) is 13.6. The Kier molecular flexibility index (Phi) is 4.62. The fourth-order valence-electron chi connectivity index (χ4n) is 3.21. The van der Waals surface area contributed by atoms with E-state index in [-0.39, 0.29) is 18.2 Å². The number of hydrogen-bond acceptors (Lipinski definition) is 4. The van der Waals surface area contributed by atoms with Gasteiger partial charge < -0.3 is 14.4 Å². The van der Waals surface area contributed by atoms with Crippen LogP contribution in [0.25, 0.3) is 0 Å². The van der Waals surface area contributed by atoms with E-state index < -0.39 is 0 Å². The third-order valence-electron chi connectivity index (χ3n) is 4.32. The van der Waals surface area contributed by atoms with Crippen LogP contribution >= 0.6 is 11.3 Å². The van der Waals surface area contributed by atoms with E-state index >= 15 is 0 Å². The Bertz CT molecular complexity index is 508. The molecule has 0 radical (unpaired) electrons. The fourth-order valence-corrected chi connectivity index (χ4v) is 4.28. The first-order chi connectivity index (χ1) is 10.2. The van der Waals surface area contributed by atoms with Crippen molar-refractivity contribution in [3.05, 3.63) is 21.4 Å². The van der Waals surface area contributed by atoms with E-state index in [1.165, 1.54) is 10.4 Å². The topological polar surface area (TPSA) is 38.8 Å². The smallest absolute Gasteiger partial charge is 0.264 e. The molecular weight excluding hydrogens is 286 g/mol. The molecule has 5 heteroatoms. The number of aryl methyl sites for hydroxylation is 2. The van der Waals surface area contributed by atoms with Crippen molar-refractivity contribution in [1.82, 2.24) is 4.90 Å². The second kappa shape index (κ2) is 6.46. The zero-order valence-electron chi connectivity index (χ0n) is 12.8. The zero-order chi connectivity index (χ0) is 14.8. The lowest BCUT2D eigenvalue weighted by atomic mass is 10.0. The lowest BCUT2D eigenvalue weighted by Crippen LogP contribution is -2.50.